The zero-order chi connectivity index (χ0) is 12.8. The Kier molecular flexibility index (Phi) is 4.15. The van der Waals surface area contributed by atoms with Gasteiger partial charge in [-0.1, -0.05) is 24.3 Å². The highest BCUT2D eigenvalue weighted by Crippen LogP contribution is 2.14. The van der Waals surface area contributed by atoms with Crippen LogP contribution < -0.4 is 10.9 Å². The van der Waals surface area contributed by atoms with Crippen LogP contribution in [0.4, 0.5) is 0 Å². The lowest BCUT2D eigenvalue weighted by Gasteiger charge is -2.08. The second kappa shape index (κ2) is 6.02. The Labute approximate surface area is 106 Å². The fourth-order valence-corrected chi connectivity index (χ4v) is 1.73. The van der Waals surface area contributed by atoms with E-state index in [4.69, 9.17) is 0 Å². The molecule has 18 heavy (non-hydrogen) atoms. The molecule has 1 aromatic heterocycles. The third kappa shape index (κ3) is 3.21. The smallest absolute Gasteiger partial charge is 0.250 e. The molecule has 0 saturated heterocycles. The van der Waals surface area contributed by atoms with Crippen molar-refractivity contribution in [1.29, 1.82) is 0 Å². The maximum Gasteiger partial charge on any atom is 0.250 e. The molecule has 2 N–H and O–H groups in total. The normalized spacial score (nSPS) is 10.4. The minimum atomic E-state index is 0.00172. The van der Waals surface area contributed by atoms with Gasteiger partial charge in [-0.25, -0.2) is 0 Å². The van der Waals surface area contributed by atoms with Crippen molar-refractivity contribution in [3.05, 3.63) is 64.6 Å². The van der Waals surface area contributed by atoms with Gasteiger partial charge < -0.3 is 15.0 Å². The number of phenolic OH excluding ortho intramolecular Hbond substituents is 1. The minimum absolute atomic E-state index is 0.00172. The number of nitrogens with zero attached hydrogens (tertiary/aromatic N) is 1. The zero-order valence-corrected chi connectivity index (χ0v) is 10.0. The summed E-state index contributed by atoms with van der Waals surface area (Å²) in [5.41, 5.74) is 0.861. The summed E-state index contributed by atoms with van der Waals surface area (Å²) in [7, 11) is 0. The highest BCUT2D eigenvalue weighted by molar-refractivity contribution is 5.31. The van der Waals surface area contributed by atoms with Gasteiger partial charge in [0.05, 0.1) is 0 Å². The number of aromatic hydroxyl groups is 1. The number of aromatic nitrogens is 1. The molecule has 94 valence electrons. The molecule has 2 rings (SSSR count). The Hall–Kier alpha value is -2.07. The van der Waals surface area contributed by atoms with Crippen LogP contribution in [0.3, 0.4) is 0 Å². The first-order chi connectivity index (χ1) is 8.77. The van der Waals surface area contributed by atoms with Crippen LogP contribution in [0.25, 0.3) is 0 Å². The molecule has 0 radical (unpaired) electrons. The summed E-state index contributed by atoms with van der Waals surface area (Å²) in [6.07, 6.45) is 1.77. The van der Waals surface area contributed by atoms with E-state index in [9.17, 15) is 9.90 Å². The Balaban J connectivity index is 1.82. The fourth-order valence-electron chi connectivity index (χ4n) is 1.73. The molecule has 2 aromatic rings. The molecule has 0 spiro atoms. The lowest BCUT2D eigenvalue weighted by Crippen LogP contribution is -2.25. The van der Waals surface area contributed by atoms with Crippen LogP contribution in [-0.4, -0.2) is 16.2 Å². The van der Waals surface area contributed by atoms with Gasteiger partial charge >= 0.3 is 0 Å². The summed E-state index contributed by atoms with van der Waals surface area (Å²) in [6.45, 7) is 1.89. The third-order valence-corrected chi connectivity index (χ3v) is 2.74. The SMILES string of the molecule is O=c1ccccn1CCNCc1ccccc1O. The Morgan fingerprint density at radius 1 is 1.11 bits per heavy atom. The molecule has 0 unspecified atom stereocenters. The predicted molar refractivity (Wildman–Crippen MR) is 70.5 cm³/mol. The van der Waals surface area contributed by atoms with Gasteiger partial charge in [0.1, 0.15) is 5.75 Å². The van der Waals surface area contributed by atoms with E-state index in [1.807, 2.05) is 18.2 Å². The highest BCUT2D eigenvalue weighted by Gasteiger charge is 1.98. The van der Waals surface area contributed by atoms with Crippen LogP contribution in [0.15, 0.2) is 53.5 Å². The maximum absolute atomic E-state index is 11.4. The molecule has 0 saturated carbocycles. The average Bonchev–Trinajstić information content (AvgIpc) is 2.38. The topological polar surface area (TPSA) is 54.3 Å². The number of pyridine rings is 1. The summed E-state index contributed by atoms with van der Waals surface area (Å²) in [6, 6.07) is 12.3. The number of nitrogens with one attached hydrogen (secondary N) is 1. The zero-order valence-electron chi connectivity index (χ0n) is 10.0. The van der Waals surface area contributed by atoms with Crippen LogP contribution in [-0.2, 0) is 13.1 Å². The van der Waals surface area contributed by atoms with E-state index in [1.165, 1.54) is 0 Å². The first kappa shape index (κ1) is 12.4. The van der Waals surface area contributed by atoms with Gasteiger partial charge in [0.15, 0.2) is 0 Å². The minimum Gasteiger partial charge on any atom is -0.508 e. The molecule has 0 aliphatic heterocycles. The lowest BCUT2D eigenvalue weighted by atomic mass is 10.2. The van der Waals surface area contributed by atoms with E-state index in [0.29, 0.717) is 25.4 Å². The fraction of sp³-hybridized carbons (Fsp3) is 0.214. The van der Waals surface area contributed by atoms with Gasteiger partial charge in [-0.2, -0.15) is 0 Å². The summed E-state index contributed by atoms with van der Waals surface area (Å²) in [4.78, 5) is 11.4. The number of phenols is 1. The summed E-state index contributed by atoms with van der Waals surface area (Å²) >= 11 is 0. The van der Waals surface area contributed by atoms with Crippen LogP contribution in [0.1, 0.15) is 5.56 Å². The van der Waals surface area contributed by atoms with E-state index in [-0.39, 0.29) is 5.56 Å². The van der Waals surface area contributed by atoms with E-state index in [0.717, 1.165) is 5.56 Å². The molecule has 1 heterocycles. The second-order valence-electron chi connectivity index (χ2n) is 4.04. The predicted octanol–water partition coefficient (Wildman–Crippen LogP) is 1.34. The largest absolute Gasteiger partial charge is 0.508 e. The molecule has 0 aliphatic rings. The molecule has 0 aliphatic carbocycles. The van der Waals surface area contributed by atoms with Crippen molar-refractivity contribution in [3.63, 3.8) is 0 Å². The number of hydrogen-bond acceptors (Lipinski definition) is 3. The van der Waals surface area contributed by atoms with Crippen molar-refractivity contribution in [2.45, 2.75) is 13.1 Å². The summed E-state index contributed by atoms with van der Waals surface area (Å²) in [5, 5.41) is 12.8. The van der Waals surface area contributed by atoms with Gasteiger partial charge in [-0.15, -0.1) is 0 Å². The van der Waals surface area contributed by atoms with E-state index >= 15 is 0 Å². The van der Waals surface area contributed by atoms with Crippen LogP contribution in [0.2, 0.25) is 0 Å². The van der Waals surface area contributed by atoms with Crippen molar-refractivity contribution >= 4 is 0 Å². The molecular weight excluding hydrogens is 228 g/mol. The van der Waals surface area contributed by atoms with Gasteiger partial charge in [0, 0.05) is 37.5 Å². The molecule has 0 fully saturated rings. The quantitative estimate of drug-likeness (QED) is 0.780. The van der Waals surface area contributed by atoms with Gasteiger partial charge in [-0.3, -0.25) is 4.79 Å². The number of hydrogen-bond donors (Lipinski definition) is 2. The first-order valence-electron chi connectivity index (χ1n) is 5.90. The summed E-state index contributed by atoms with van der Waals surface area (Å²) < 4.78 is 1.65. The number of rotatable bonds is 5. The summed E-state index contributed by atoms with van der Waals surface area (Å²) in [5.74, 6) is 0.293. The molecule has 0 bridgehead atoms. The second-order valence-corrected chi connectivity index (χ2v) is 4.04. The van der Waals surface area contributed by atoms with Gasteiger partial charge in [-0.05, 0) is 12.1 Å². The first-order valence-corrected chi connectivity index (χ1v) is 5.90. The number of para-hydroxylation sites is 1. The van der Waals surface area contributed by atoms with Crippen molar-refractivity contribution in [2.75, 3.05) is 6.54 Å². The molecule has 0 atom stereocenters. The highest BCUT2D eigenvalue weighted by atomic mass is 16.3. The Bertz CT molecular complexity index is 563. The van der Waals surface area contributed by atoms with Crippen LogP contribution in [0, 0.1) is 0 Å². The van der Waals surface area contributed by atoms with Gasteiger partial charge in [0.25, 0.3) is 5.56 Å². The maximum atomic E-state index is 11.4. The van der Waals surface area contributed by atoms with Crippen molar-refractivity contribution < 1.29 is 5.11 Å². The molecule has 4 nitrogen and oxygen atoms in total. The monoisotopic (exact) mass is 244 g/mol. The standard InChI is InChI=1S/C14H16N2O2/c17-13-6-2-1-5-12(13)11-15-8-10-16-9-4-3-7-14(16)18/h1-7,9,15,17H,8,10-11H2. The van der Waals surface area contributed by atoms with Crippen molar-refractivity contribution in [3.8, 4) is 5.75 Å². The Morgan fingerprint density at radius 2 is 1.89 bits per heavy atom. The van der Waals surface area contributed by atoms with E-state index in [2.05, 4.69) is 5.32 Å². The van der Waals surface area contributed by atoms with E-state index in [1.54, 1.807) is 35.0 Å². The van der Waals surface area contributed by atoms with E-state index < -0.39 is 0 Å². The lowest BCUT2D eigenvalue weighted by molar-refractivity contribution is 0.463. The number of benzene rings is 1. The molecular formula is C14H16N2O2. The van der Waals surface area contributed by atoms with Crippen molar-refractivity contribution in [1.82, 2.24) is 9.88 Å². The molecule has 4 heteroatoms. The molecule has 0 amide bonds. The van der Waals surface area contributed by atoms with Crippen LogP contribution >= 0.6 is 0 Å². The van der Waals surface area contributed by atoms with Crippen LogP contribution in [0.5, 0.6) is 5.75 Å². The molecule has 1 aromatic carbocycles. The average molecular weight is 244 g/mol. The van der Waals surface area contributed by atoms with Crippen molar-refractivity contribution in [2.24, 2.45) is 0 Å². The third-order valence-electron chi connectivity index (χ3n) is 2.74. The Morgan fingerprint density at radius 3 is 2.67 bits per heavy atom. The van der Waals surface area contributed by atoms with Gasteiger partial charge in [0.2, 0.25) is 0 Å².